The molecule has 0 bridgehead atoms. The van der Waals surface area contributed by atoms with Crippen LogP contribution in [0, 0.1) is 0 Å². The number of likely N-dealkylation sites (N-methyl/N-ethyl adjacent to an activating group) is 1. The summed E-state index contributed by atoms with van der Waals surface area (Å²) in [5, 5.41) is 13.3. The molecule has 102 valence electrons. The summed E-state index contributed by atoms with van der Waals surface area (Å²) in [6.45, 7) is 6.51. The molecule has 0 saturated carbocycles. The average Bonchev–Trinajstić information content (AvgIpc) is 2.26. The Morgan fingerprint density at radius 1 is 1.59 bits per heavy atom. The van der Waals surface area contributed by atoms with E-state index in [1.807, 2.05) is 6.92 Å². The molecule has 0 aliphatic carbocycles. The maximum absolute atomic E-state index is 10.0. The zero-order valence-corrected chi connectivity index (χ0v) is 11.2. The molecule has 0 amide bonds. The predicted molar refractivity (Wildman–Crippen MR) is 67.2 cm³/mol. The first-order valence-corrected chi connectivity index (χ1v) is 6.26. The third-order valence-electron chi connectivity index (χ3n) is 3.06. The molecule has 17 heavy (non-hydrogen) atoms. The third kappa shape index (κ3) is 6.33. The second-order valence-electron chi connectivity index (χ2n) is 5.13. The highest BCUT2D eigenvalue weighted by Gasteiger charge is 2.21. The van der Waals surface area contributed by atoms with E-state index in [0.29, 0.717) is 19.6 Å². The Morgan fingerprint density at radius 3 is 3.00 bits per heavy atom. The summed E-state index contributed by atoms with van der Waals surface area (Å²) in [7, 11) is 3.75. The molecule has 1 saturated heterocycles. The van der Waals surface area contributed by atoms with Crippen molar-refractivity contribution in [3.63, 3.8) is 0 Å². The summed E-state index contributed by atoms with van der Waals surface area (Å²) >= 11 is 0. The van der Waals surface area contributed by atoms with Gasteiger partial charge in [-0.3, -0.25) is 0 Å². The van der Waals surface area contributed by atoms with Gasteiger partial charge >= 0.3 is 0 Å². The first-order chi connectivity index (χ1) is 8.03. The number of nitrogens with one attached hydrogen (secondary N) is 1. The van der Waals surface area contributed by atoms with Crippen molar-refractivity contribution >= 4 is 0 Å². The van der Waals surface area contributed by atoms with Crippen LogP contribution in [0.25, 0.3) is 0 Å². The van der Waals surface area contributed by atoms with Crippen molar-refractivity contribution in [2.75, 3.05) is 53.6 Å². The van der Waals surface area contributed by atoms with Crippen molar-refractivity contribution in [3.8, 4) is 0 Å². The van der Waals surface area contributed by atoms with Gasteiger partial charge in [-0.1, -0.05) is 0 Å². The van der Waals surface area contributed by atoms with Gasteiger partial charge in [0.1, 0.15) is 0 Å². The van der Waals surface area contributed by atoms with Crippen LogP contribution in [-0.2, 0) is 9.47 Å². The lowest BCUT2D eigenvalue weighted by molar-refractivity contribution is -0.0236. The van der Waals surface area contributed by atoms with Gasteiger partial charge in [0.05, 0.1) is 18.3 Å². The maximum atomic E-state index is 10.0. The van der Waals surface area contributed by atoms with E-state index in [1.165, 1.54) is 0 Å². The molecule has 5 heteroatoms. The van der Waals surface area contributed by atoms with Gasteiger partial charge in [0.25, 0.3) is 0 Å². The Bertz CT molecular complexity index is 212. The standard InChI is InChI=1S/C12H26N2O3/c1-12(15,4-6-16-3)10-13-8-11-9-14(2)5-7-17-11/h11,13,15H,4-10H2,1-3H3. The fourth-order valence-electron chi connectivity index (χ4n) is 1.90. The lowest BCUT2D eigenvalue weighted by Crippen LogP contribution is -2.47. The molecule has 0 aromatic heterocycles. The zero-order chi connectivity index (χ0) is 12.7. The van der Waals surface area contributed by atoms with Crippen LogP contribution in [0.5, 0.6) is 0 Å². The number of nitrogens with zero attached hydrogens (tertiary/aromatic N) is 1. The number of rotatable bonds is 7. The van der Waals surface area contributed by atoms with Gasteiger partial charge in [-0.25, -0.2) is 0 Å². The van der Waals surface area contributed by atoms with E-state index in [-0.39, 0.29) is 6.10 Å². The minimum Gasteiger partial charge on any atom is -0.389 e. The fourth-order valence-corrected chi connectivity index (χ4v) is 1.90. The Labute approximate surface area is 104 Å². The number of ether oxygens (including phenoxy) is 2. The molecule has 2 N–H and O–H groups in total. The Kier molecular flexibility index (Phi) is 6.37. The average molecular weight is 246 g/mol. The van der Waals surface area contributed by atoms with Crippen molar-refractivity contribution in [3.05, 3.63) is 0 Å². The second-order valence-corrected chi connectivity index (χ2v) is 5.13. The molecule has 5 nitrogen and oxygen atoms in total. The fraction of sp³-hybridized carbons (Fsp3) is 1.00. The maximum Gasteiger partial charge on any atom is 0.0826 e. The molecule has 2 unspecified atom stereocenters. The van der Waals surface area contributed by atoms with E-state index in [2.05, 4.69) is 17.3 Å². The molecule has 1 aliphatic heterocycles. The lowest BCUT2D eigenvalue weighted by Gasteiger charge is -2.31. The van der Waals surface area contributed by atoms with Gasteiger partial charge in [0.15, 0.2) is 0 Å². The molecule has 1 aliphatic rings. The van der Waals surface area contributed by atoms with Crippen LogP contribution in [0.1, 0.15) is 13.3 Å². The third-order valence-corrected chi connectivity index (χ3v) is 3.06. The number of hydrogen-bond acceptors (Lipinski definition) is 5. The summed E-state index contributed by atoms with van der Waals surface area (Å²) in [6.07, 6.45) is 0.869. The Morgan fingerprint density at radius 2 is 2.35 bits per heavy atom. The summed E-state index contributed by atoms with van der Waals surface area (Å²) in [5.41, 5.74) is -0.712. The summed E-state index contributed by atoms with van der Waals surface area (Å²) in [4.78, 5) is 2.26. The molecule has 1 fully saturated rings. The van der Waals surface area contributed by atoms with Gasteiger partial charge in [0, 0.05) is 46.3 Å². The smallest absolute Gasteiger partial charge is 0.0826 e. The van der Waals surface area contributed by atoms with Crippen LogP contribution in [0.3, 0.4) is 0 Å². The minimum absolute atomic E-state index is 0.229. The van der Waals surface area contributed by atoms with Gasteiger partial charge in [0.2, 0.25) is 0 Å². The van der Waals surface area contributed by atoms with E-state index in [4.69, 9.17) is 9.47 Å². The molecule has 2 atom stereocenters. The molecule has 0 radical (unpaired) electrons. The summed E-state index contributed by atoms with van der Waals surface area (Å²) in [6, 6.07) is 0. The highest BCUT2D eigenvalue weighted by molar-refractivity contribution is 4.78. The SMILES string of the molecule is COCCC(C)(O)CNCC1CN(C)CCO1. The van der Waals surface area contributed by atoms with Crippen molar-refractivity contribution in [2.45, 2.75) is 25.0 Å². The number of hydrogen-bond donors (Lipinski definition) is 2. The number of methoxy groups -OCH3 is 1. The topological polar surface area (TPSA) is 54.0 Å². The second kappa shape index (κ2) is 7.28. The first-order valence-electron chi connectivity index (χ1n) is 6.26. The van der Waals surface area contributed by atoms with Crippen LogP contribution < -0.4 is 5.32 Å². The number of morpholine rings is 1. The highest BCUT2D eigenvalue weighted by Crippen LogP contribution is 2.08. The van der Waals surface area contributed by atoms with Crippen molar-refractivity contribution in [2.24, 2.45) is 0 Å². The van der Waals surface area contributed by atoms with Crippen molar-refractivity contribution < 1.29 is 14.6 Å². The molecule has 0 aromatic carbocycles. The summed E-state index contributed by atoms with van der Waals surface area (Å²) < 4.78 is 10.6. The van der Waals surface area contributed by atoms with Gasteiger partial charge in [-0.05, 0) is 14.0 Å². The van der Waals surface area contributed by atoms with E-state index < -0.39 is 5.60 Å². The largest absolute Gasteiger partial charge is 0.389 e. The quantitative estimate of drug-likeness (QED) is 0.645. The van der Waals surface area contributed by atoms with Crippen molar-refractivity contribution in [1.29, 1.82) is 0 Å². The lowest BCUT2D eigenvalue weighted by atomic mass is 10.0. The molecular weight excluding hydrogens is 220 g/mol. The molecule has 0 spiro atoms. The predicted octanol–water partition coefficient (Wildman–Crippen LogP) is -0.306. The first kappa shape index (κ1) is 14.9. The van der Waals surface area contributed by atoms with Gasteiger partial charge < -0.3 is 24.8 Å². The van der Waals surface area contributed by atoms with Crippen LogP contribution in [0.4, 0.5) is 0 Å². The highest BCUT2D eigenvalue weighted by atomic mass is 16.5. The van der Waals surface area contributed by atoms with Gasteiger partial charge in [-0.2, -0.15) is 0 Å². The zero-order valence-electron chi connectivity index (χ0n) is 11.2. The van der Waals surface area contributed by atoms with E-state index in [1.54, 1.807) is 7.11 Å². The van der Waals surface area contributed by atoms with E-state index in [9.17, 15) is 5.11 Å². The molecule has 0 aromatic rings. The number of aliphatic hydroxyl groups is 1. The Hall–Kier alpha value is -0.200. The Balaban J connectivity index is 2.13. The molecule has 1 rings (SSSR count). The minimum atomic E-state index is -0.712. The van der Waals surface area contributed by atoms with E-state index in [0.717, 1.165) is 26.2 Å². The monoisotopic (exact) mass is 246 g/mol. The van der Waals surface area contributed by atoms with Crippen molar-refractivity contribution in [1.82, 2.24) is 10.2 Å². The van der Waals surface area contributed by atoms with Crippen LogP contribution in [-0.4, -0.2) is 75.3 Å². The summed E-state index contributed by atoms with van der Waals surface area (Å²) in [5.74, 6) is 0. The molecular formula is C12H26N2O3. The molecule has 1 heterocycles. The van der Waals surface area contributed by atoms with Gasteiger partial charge in [-0.15, -0.1) is 0 Å². The van der Waals surface area contributed by atoms with Crippen LogP contribution in [0.15, 0.2) is 0 Å². The van der Waals surface area contributed by atoms with Crippen LogP contribution >= 0.6 is 0 Å². The normalized spacial score (nSPS) is 25.8. The van der Waals surface area contributed by atoms with E-state index >= 15 is 0 Å². The van der Waals surface area contributed by atoms with Crippen LogP contribution in [0.2, 0.25) is 0 Å².